The summed E-state index contributed by atoms with van der Waals surface area (Å²) in [5.74, 6) is 0.0711. The topological polar surface area (TPSA) is 156 Å². The van der Waals surface area contributed by atoms with E-state index in [9.17, 15) is 18.0 Å². The standard InChI is InChI=1S/C29H33N7O5S2/c1-18-25(27(42-34-18)33-24-17-30-22-10-5-6-11-23(22)32-24)26(37)31-19-8-7-9-20(16-19)35-43(39,40)21-12-14-36(15-13-21)28(38)41-29(2,3)4/h5-11,16-17,21,35H,12-15H2,1-4H3,(H,31,37)(H,32,33). The van der Waals surface area contributed by atoms with E-state index in [0.717, 1.165) is 17.0 Å². The zero-order valence-corrected chi connectivity index (χ0v) is 25.9. The van der Waals surface area contributed by atoms with Crippen LogP contribution in [0.3, 0.4) is 0 Å². The summed E-state index contributed by atoms with van der Waals surface area (Å²) in [7, 11) is -3.75. The number of carbonyl (C=O) groups excluding carboxylic acids is 2. The SMILES string of the molecule is Cc1nsc(Nc2cnc3ccccc3n2)c1C(=O)Nc1cccc(NS(=O)(=O)C2CCN(C(=O)OC(C)(C)C)CC2)c1. The first-order valence-electron chi connectivity index (χ1n) is 13.7. The molecule has 0 radical (unpaired) electrons. The van der Waals surface area contributed by atoms with Crippen molar-refractivity contribution < 1.29 is 22.7 Å². The number of fused-ring (bicyclic) bond motifs is 1. The molecule has 43 heavy (non-hydrogen) atoms. The molecule has 3 heterocycles. The lowest BCUT2D eigenvalue weighted by molar-refractivity contribution is 0.0217. The van der Waals surface area contributed by atoms with E-state index in [2.05, 4.69) is 29.7 Å². The molecule has 1 fully saturated rings. The summed E-state index contributed by atoms with van der Waals surface area (Å²) in [4.78, 5) is 36.2. The molecule has 4 aromatic rings. The number of sulfonamides is 1. The van der Waals surface area contributed by atoms with Crippen molar-refractivity contribution in [2.75, 3.05) is 28.4 Å². The van der Waals surface area contributed by atoms with E-state index in [4.69, 9.17) is 4.74 Å². The van der Waals surface area contributed by atoms with Gasteiger partial charge in [-0.15, -0.1) is 0 Å². The van der Waals surface area contributed by atoms with Crippen molar-refractivity contribution in [2.24, 2.45) is 0 Å². The van der Waals surface area contributed by atoms with Crippen molar-refractivity contribution in [1.29, 1.82) is 0 Å². The van der Waals surface area contributed by atoms with Gasteiger partial charge in [-0.25, -0.2) is 18.2 Å². The highest BCUT2D eigenvalue weighted by Crippen LogP contribution is 2.29. The van der Waals surface area contributed by atoms with Crippen LogP contribution in [0.5, 0.6) is 0 Å². The number of hydrogen-bond donors (Lipinski definition) is 3. The molecule has 1 saturated heterocycles. The molecular weight excluding hydrogens is 590 g/mol. The Bertz CT molecular complexity index is 1760. The molecule has 0 bridgehead atoms. The second-order valence-corrected chi connectivity index (χ2v) is 13.9. The van der Waals surface area contributed by atoms with E-state index in [1.807, 2.05) is 24.3 Å². The first-order chi connectivity index (χ1) is 20.4. The highest BCUT2D eigenvalue weighted by atomic mass is 32.2. The van der Waals surface area contributed by atoms with Crippen molar-refractivity contribution in [3.63, 3.8) is 0 Å². The number of nitrogens with one attached hydrogen (secondary N) is 3. The lowest BCUT2D eigenvalue weighted by Crippen LogP contribution is -2.45. The van der Waals surface area contributed by atoms with E-state index in [1.165, 1.54) is 4.90 Å². The summed E-state index contributed by atoms with van der Waals surface area (Å²) in [6.45, 7) is 7.67. The number of amides is 2. The van der Waals surface area contributed by atoms with E-state index in [1.54, 1.807) is 58.2 Å². The number of nitrogens with zero attached hydrogens (tertiary/aromatic N) is 4. The molecule has 0 unspecified atom stereocenters. The Morgan fingerprint density at radius 2 is 1.72 bits per heavy atom. The molecule has 3 N–H and O–H groups in total. The van der Waals surface area contributed by atoms with Crippen molar-refractivity contribution in [3.8, 4) is 0 Å². The van der Waals surface area contributed by atoms with Crippen LogP contribution in [0.2, 0.25) is 0 Å². The zero-order valence-electron chi connectivity index (χ0n) is 24.2. The molecule has 226 valence electrons. The molecule has 0 aliphatic carbocycles. The van der Waals surface area contributed by atoms with Crippen LogP contribution in [0.1, 0.15) is 49.7 Å². The van der Waals surface area contributed by atoms with Crippen LogP contribution in [0.15, 0.2) is 54.7 Å². The highest BCUT2D eigenvalue weighted by Gasteiger charge is 2.33. The van der Waals surface area contributed by atoms with Crippen molar-refractivity contribution in [1.82, 2.24) is 19.2 Å². The minimum atomic E-state index is -3.75. The third-order valence-corrected chi connectivity index (χ3v) is 9.42. The van der Waals surface area contributed by atoms with E-state index < -0.39 is 32.9 Å². The van der Waals surface area contributed by atoms with Crippen molar-refractivity contribution in [2.45, 2.75) is 51.4 Å². The minimum Gasteiger partial charge on any atom is -0.444 e. The Balaban J connectivity index is 1.23. The van der Waals surface area contributed by atoms with Gasteiger partial charge in [0.2, 0.25) is 10.0 Å². The summed E-state index contributed by atoms with van der Waals surface area (Å²) in [5, 5.41) is 5.83. The Labute approximate surface area is 254 Å². The van der Waals surface area contributed by atoms with Gasteiger partial charge >= 0.3 is 6.09 Å². The van der Waals surface area contributed by atoms with Gasteiger partial charge in [-0.05, 0) is 82.4 Å². The molecule has 1 aliphatic rings. The lowest BCUT2D eigenvalue weighted by Gasteiger charge is -2.33. The van der Waals surface area contributed by atoms with Gasteiger partial charge in [0.25, 0.3) is 5.91 Å². The molecular formula is C29H33N7O5S2. The van der Waals surface area contributed by atoms with Gasteiger partial charge in [-0.2, -0.15) is 4.37 Å². The van der Waals surface area contributed by atoms with Gasteiger partial charge in [0.05, 0.1) is 39.4 Å². The molecule has 0 spiro atoms. The van der Waals surface area contributed by atoms with Crippen LogP contribution in [0.4, 0.5) is 27.0 Å². The van der Waals surface area contributed by atoms with E-state index in [-0.39, 0.29) is 25.9 Å². The number of rotatable bonds is 7. The molecule has 0 saturated carbocycles. The van der Waals surface area contributed by atoms with Crippen LogP contribution in [-0.4, -0.2) is 63.6 Å². The number of carbonyl (C=O) groups is 2. The first kappa shape index (κ1) is 30.2. The molecule has 5 rings (SSSR count). The third-order valence-electron chi connectivity index (χ3n) is 6.69. The zero-order chi connectivity index (χ0) is 30.8. The number of aryl methyl sites for hydroxylation is 1. The van der Waals surface area contributed by atoms with Gasteiger partial charge in [0.15, 0.2) is 0 Å². The average Bonchev–Trinajstić information content (AvgIpc) is 3.31. The fourth-order valence-corrected chi connectivity index (χ4v) is 6.89. The van der Waals surface area contributed by atoms with Crippen LogP contribution in [0, 0.1) is 6.92 Å². The van der Waals surface area contributed by atoms with Crippen LogP contribution in [-0.2, 0) is 14.8 Å². The smallest absolute Gasteiger partial charge is 0.410 e. The molecule has 2 aromatic carbocycles. The molecule has 14 heteroatoms. The average molecular weight is 624 g/mol. The van der Waals surface area contributed by atoms with Crippen LogP contribution in [0.25, 0.3) is 11.0 Å². The maximum absolute atomic E-state index is 13.3. The minimum absolute atomic E-state index is 0.284. The number of hydrogen-bond acceptors (Lipinski definition) is 10. The van der Waals surface area contributed by atoms with Crippen LogP contribution < -0.4 is 15.4 Å². The second-order valence-electron chi connectivity index (χ2n) is 11.2. The normalized spacial score (nSPS) is 14.4. The summed E-state index contributed by atoms with van der Waals surface area (Å²) in [6, 6.07) is 14.0. The number of anilines is 4. The molecule has 12 nitrogen and oxygen atoms in total. The van der Waals surface area contributed by atoms with Crippen LogP contribution >= 0.6 is 11.5 Å². The fraction of sp³-hybridized carbons (Fsp3) is 0.345. The molecule has 2 aromatic heterocycles. The quantitative estimate of drug-likeness (QED) is 0.241. The van der Waals surface area contributed by atoms with Gasteiger partial charge in [-0.3, -0.25) is 14.5 Å². The molecule has 0 atom stereocenters. The number of piperidine rings is 1. The third kappa shape index (κ3) is 7.38. The Hall–Kier alpha value is -4.30. The van der Waals surface area contributed by atoms with Gasteiger partial charge in [-0.1, -0.05) is 18.2 Å². The maximum Gasteiger partial charge on any atom is 0.410 e. The van der Waals surface area contributed by atoms with Crippen molar-refractivity contribution in [3.05, 3.63) is 66.0 Å². The second kappa shape index (κ2) is 12.1. The van der Waals surface area contributed by atoms with Crippen molar-refractivity contribution >= 4 is 66.8 Å². The summed E-state index contributed by atoms with van der Waals surface area (Å²) >= 11 is 1.13. The van der Waals surface area contributed by atoms with Gasteiger partial charge in [0, 0.05) is 18.8 Å². The number of para-hydroxylation sites is 2. The predicted octanol–water partition coefficient (Wildman–Crippen LogP) is 5.53. The fourth-order valence-electron chi connectivity index (χ4n) is 4.63. The first-order valence-corrected chi connectivity index (χ1v) is 16.1. The number of ether oxygens (including phenoxy) is 1. The Morgan fingerprint density at radius 1 is 1.02 bits per heavy atom. The Morgan fingerprint density at radius 3 is 2.44 bits per heavy atom. The summed E-state index contributed by atoms with van der Waals surface area (Å²) < 4.78 is 38.7. The molecule has 2 amide bonds. The summed E-state index contributed by atoms with van der Waals surface area (Å²) in [5.41, 5.74) is 2.46. The van der Waals surface area contributed by atoms with Gasteiger partial charge < -0.3 is 20.3 Å². The van der Waals surface area contributed by atoms with E-state index in [0.29, 0.717) is 39.0 Å². The molecule has 1 aliphatic heterocycles. The monoisotopic (exact) mass is 623 g/mol. The lowest BCUT2D eigenvalue weighted by atomic mass is 10.1. The predicted molar refractivity (Wildman–Crippen MR) is 167 cm³/mol. The van der Waals surface area contributed by atoms with Gasteiger partial charge in [0.1, 0.15) is 16.4 Å². The Kier molecular flexibility index (Phi) is 8.51. The number of aromatic nitrogens is 3. The maximum atomic E-state index is 13.3. The highest BCUT2D eigenvalue weighted by molar-refractivity contribution is 7.93. The summed E-state index contributed by atoms with van der Waals surface area (Å²) in [6.07, 6.45) is 1.72. The van der Waals surface area contributed by atoms with E-state index >= 15 is 0 Å². The number of benzene rings is 2. The largest absolute Gasteiger partial charge is 0.444 e. The number of likely N-dealkylation sites (tertiary alicyclic amines) is 1.